The van der Waals surface area contributed by atoms with Gasteiger partial charge in [0.1, 0.15) is 6.04 Å². The second-order valence-electron chi connectivity index (χ2n) is 1.94. The van der Waals surface area contributed by atoms with Crippen LogP contribution in [0.1, 0.15) is 12.8 Å². The maximum atomic E-state index is 10.3. The Kier molecular flexibility index (Phi) is 3.85. The van der Waals surface area contributed by atoms with Gasteiger partial charge in [-0.2, -0.15) is 5.48 Å². The second-order valence-corrected chi connectivity index (χ2v) is 1.94. The maximum Gasteiger partial charge on any atom is 0.323 e. The topological polar surface area (TPSA) is 95.6 Å². The van der Waals surface area contributed by atoms with Gasteiger partial charge in [-0.15, -0.1) is 0 Å². The molecular weight excluding hydrogens is 136 g/mol. The third-order valence-corrected chi connectivity index (χ3v) is 1.14. The average molecular weight is 149 g/mol. The number of nitrogens with one attached hydrogen (secondary N) is 1. The molecule has 0 heterocycles. The first-order chi connectivity index (χ1) is 5.22. The van der Waals surface area contributed by atoms with Crippen LogP contribution in [0.2, 0.25) is 1.43 Å². The van der Waals surface area contributed by atoms with Gasteiger partial charge in [-0.1, -0.05) is 0 Å². The number of rotatable bonds is 6. The van der Waals surface area contributed by atoms with Gasteiger partial charge in [0.2, 0.25) is 1.43 Å². The summed E-state index contributed by atoms with van der Waals surface area (Å²) in [7, 11) is 0. The molecule has 60 valence electrons. The number of carbonyl (C=O) groups is 1. The van der Waals surface area contributed by atoms with E-state index in [9.17, 15) is 4.79 Å². The van der Waals surface area contributed by atoms with Gasteiger partial charge in [0.15, 0.2) is 0 Å². The molecule has 0 amide bonds. The Labute approximate surface area is 60.3 Å². The Morgan fingerprint density at radius 2 is 2.60 bits per heavy atom. The normalized spacial score (nSPS) is 14.3. The van der Waals surface area contributed by atoms with Gasteiger partial charge in [-0.25, -0.2) is 0 Å². The van der Waals surface area contributed by atoms with E-state index in [-0.39, 0.29) is 0 Å². The number of hydrogen-bond acceptors (Lipinski definition) is 4. The summed E-state index contributed by atoms with van der Waals surface area (Å²) < 4.78 is 6.26. The van der Waals surface area contributed by atoms with Crippen LogP contribution in [-0.4, -0.2) is 28.9 Å². The lowest BCUT2D eigenvalue weighted by atomic mass is 10.2. The smallest absolute Gasteiger partial charge is 0.323 e. The lowest BCUT2D eigenvalue weighted by Crippen LogP contribution is -2.34. The molecule has 5 heteroatoms. The van der Waals surface area contributed by atoms with Crippen LogP contribution in [0.25, 0.3) is 0 Å². The van der Waals surface area contributed by atoms with Crippen LogP contribution < -0.4 is 11.2 Å². The zero-order valence-corrected chi connectivity index (χ0v) is 5.54. The van der Waals surface area contributed by atoms with Crippen molar-refractivity contribution in [3.8, 4) is 0 Å². The minimum atomic E-state index is -1.04. The van der Waals surface area contributed by atoms with Crippen molar-refractivity contribution in [3.05, 3.63) is 0 Å². The van der Waals surface area contributed by atoms with E-state index in [1.807, 2.05) is 5.48 Å². The summed E-state index contributed by atoms with van der Waals surface area (Å²) in [6, 6.07) is -0.837. The van der Waals surface area contributed by atoms with Gasteiger partial charge in [0, 0.05) is 0 Å². The van der Waals surface area contributed by atoms with Gasteiger partial charge in [-0.05, 0) is 19.4 Å². The molecule has 0 saturated carbocycles. The molecule has 0 aromatic carbocycles. The average Bonchev–Trinajstić information content (AvgIpc) is 1.97. The zero-order chi connectivity index (χ0) is 8.69. The second kappa shape index (κ2) is 5.16. The fraction of sp³-hybridized carbons (Fsp3) is 0.800. The molecule has 0 rings (SSSR count). The van der Waals surface area contributed by atoms with Crippen molar-refractivity contribution >= 4 is 5.97 Å². The van der Waals surface area contributed by atoms with E-state index >= 15 is 0 Å². The SMILES string of the molecule is [2H]ON[C@@H](CCCN)C(=O)O. The molecule has 0 aliphatic rings. The summed E-state index contributed by atoms with van der Waals surface area (Å²) in [4.78, 5) is 10.3. The Hall–Kier alpha value is -0.650. The van der Waals surface area contributed by atoms with Crippen molar-refractivity contribution in [1.82, 2.24) is 5.48 Å². The first-order valence-electron chi connectivity index (χ1n) is 3.43. The van der Waals surface area contributed by atoms with Gasteiger partial charge >= 0.3 is 5.97 Å². The molecule has 0 radical (unpaired) electrons. The van der Waals surface area contributed by atoms with Crippen LogP contribution in [0.5, 0.6) is 0 Å². The van der Waals surface area contributed by atoms with E-state index in [2.05, 4.69) is 5.21 Å². The number of hydroxylamine groups is 1. The maximum absolute atomic E-state index is 10.3. The fourth-order valence-electron chi connectivity index (χ4n) is 0.555. The standard InChI is InChI=1S/C5H12N2O3/c6-3-1-2-4(7-10)5(8)9/h4,7,10H,1-3,6H2,(H,8,9)/t4-/m0/s1/i10D. The molecule has 1 atom stereocenters. The van der Waals surface area contributed by atoms with Crippen LogP contribution >= 0.6 is 0 Å². The molecule has 0 unspecified atom stereocenters. The van der Waals surface area contributed by atoms with Gasteiger partial charge < -0.3 is 16.0 Å². The highest BCUT2D eigenvalue weighted by atomic mass is 16.5. The molecule has 0 spiro atoms. The number of carboxylic acid groups (broad SMARTS) is 1. The highest BCUT2D eigenvalue weighted by Gasteiger charge is 2.13. The van der Waals surface area contributed by atoms with Crippen LogP contribution in [-0.2, 0) is 4.79 Å². The quantitative estimate of drug-likeness (QED) is 0.369. The van der Waals surface area contributed by atoms with Crippen LogP contribution in [0.4, 0.5) is 0 Å². The van der Waals surface area contributed by atoms with E-state index in [0.29, 0.717) is 19.4 Å². The fourth-order valence-corrected chi connectivity index (χ4v) is 0.555. The molecule has 0 aliphatic carbocycles. The Morgan fingerprint density at radius 3 is 3.00 bits per heavy atom. The first kappa shape index (κ1) is 7.46. The monoisotopic (exact) mass is 149 g/mol. The number of aliphatic carboxylic acids is 1. The summed E-state index contributed by atoms with van der Waals surface area (Å²) in [5.74, 6) is -1.04. The minimum absolute atomic E-state index is 0.366. The van der Waals surface area contributed by atoms with Crippen molar-refractivity contribution in [1.29, 1.82) is 0 Å². The predicted octanol–water partition coefficient (Wildman–Crippen LogP) is -0.843. The van der Waals surface area contributed by atoms with Crippen molar-refractivity contribution in [2.24, 2.45) is 5.73 Å². The molecule has 0 aromatic heterocycles. The first-order valence-corrected chi connectivity index (χ1v) is 3.03. The highest BCUT2D eigenvalue weighted by molar-refractivity contribution is 5.73. The lowest BCUT2D eigenvalue weighted by molar-refractivity contribution is -0.142. The van der Waals surface area contributed by atoms with Gasteiger partial charge in [-0.3, -0.25) is 4.79 Å². The third-order valence-electron chi connectivity index (χ3n) is 1.14. The summed E-state index contributed by atoms with van der Waals surface area (Å²) in [6.07, 6.45) is 0.956. The van der Waals surface area contributed by atoms with Gasteiger partial charge in [0.05, 0.1) is 0 Å². The van der Waals surface area contributed by atoms with Crippen LogP contribution in [0.15, 0.2) is 0 Å². The highest BCUT2D eigenvalue weighted by Crippen LogP contribution is 1.94. The Morgan fingerprint density at radius 1 is 1.90 bits per heavy atom. The van der Waals surface area contributed by atoms with Crippen molar-refractivity contribution in [2.45, 2.75) is 18.9 Å². The summed E-state index contributed by atoms with van der Waals surface area (Å²) in [6.45, 7) is 0.434. The zero-order valence-electron chi connectivity index (χ0n) is 6.54. The van der Waals surface area contributed by atoms with E-state index < -0.39 is 12.0 Å². The van der Waals surface area contributed by atoms with Crippen molar-refractivity contribution < 1.29 is 16.5 Å². The molecule has 0 aliphatic heterocycles. The number of carboxylic acids is 1. The molecule has 0 bridgehead atoms. The number of hydrogen-bond donors (Lipinski definition) is 4. The number of nitrogens with two attached hydrogens (primary N) is 1. The van der Waals surface area contributed by atoms with E-state index in [1.54, 1.807) is 0 Å². The van der Waals surface area contributed by atoms with E-state index in [4.69, 9.17) is 12.3 Å². The summed E-state index contributed by atoms with van der Waals surface area (Å²) >= 11 is 0. The Balaban J connectivity index is 3.60. The summed E-state index contributed by atoms with van der Waals surface area (Å²) in [5.41, 5.74) is 7.19. The molecule has 5 N–H and O–H groups in total. The molecular formula is C5H12N2O3. The van der Waals surface area contributed by atoms with Crippen molar-refractivity contribution in [3.63, 3.8) is 0 Å². The van der Waals surface area contributed by atoms with E-state index in [0.717, 1.165) is 0 Å². The predicted molar refractivity (Wildman–Crippen MR) is 34.6 cm³/mol. The molecule has 0 fully saturated rings. The molecule has 0 aromatic rings. The molecule has 10 heavy (non-hydrogen) atoms. The molecule has 0 saturated heterocycles. The Bertz CT molecular complexity index is 122. The largest absolute Gasteiger partial charge is 0.480 e. The minimum Gasteiger partial charge on any atom is -0.480 e. The van der Waals surface area contributed by atoms with Crippen LogP contribution in [0.3, 0.4) is 0 Å². The summed E-state index contributed by atoms with van der Waals surface area (Å²) in [5, 5.41) is 12.2. The van der Waals surface area contributed by atoms with Crippen LogP contribution in [0, 0.1) is 0 Å². The van der Waals surface area contributed by atoms with E-state index in [1.165, 1.54) is 0 Å². The third kappa shape index (κ3) is 3.39. The van der Waals surface area contributed by atoms with Gasteiger partial charge in [0.25, 0.3) is 0 Å². The molecule has 5 nitrogen and oxygen atoms in total. The lowest BCUT2D eigenvalue weighted by Gasteiger charge is -2.07. The van der Waals surface area contributed by atoms with Crippen molar-refractivity contribution in [2.75, 3.05) is 6.54 Å².